The number of fused-ring (bicyclic) bond motifs is 1. The van der Waals surface area contributed by atoms with Gasteiger partial charge in [0.15, 0.2) is 6.61 Å². The van der Waals surface area contributed by atoms with Crippen molar-refractivity contribution in [2.45, 2.75) is 27.2 Å². The van der Waals surface area contributed by atoms with Crippen molar-refractivity contribution in [1.82, 2.24) is 15.1 Å². The normalized spacial score (nSPS) is 14.6. The number of carbonyl (C=O) groups excluding carboxylic acids is 2. The molecule has 0 saturated heterocycles. The van der Waals surface area contributed by atoms with E-state index >= 15 is 0 Å². The van der Waals surface area contributed by atoms with Gasteiger partial charge in [0.25, 0.3) is 5.91 Å². The number of nitrogens with zero attached hydrogens (tertiary/aromatic N) is 2. The third kappa shape index (κ3) is 5.22. The third-order valence-electron chi connectivity index (χ3n) is 6.03. The molecule has 0 bridgehead atoms. The van der Waals surface area contributed by atoms with Crippen molar-refractivity contribution in [1.29, 1.82) is 0 Å². The SMILES string of the molecule is CCN(CC)C(=O)COc1cc(-c2cn[nH]c2)ccc1NC(=O)C1COc2ccc(C)cc2C1. The number of aromatic amines is 1. The summed E-state index contributed by atoms with van der Waals surface area (Å²) in [5, 5.41) is 9.78. The van der Waals surface area contributed by atoms with Crippen LogP contribution >= 0.6 is 0 Å². The molecule has 0 radical (unpaired) electrons. The smallest absolute Gasteiger partial charge is 0.260 e. The zero-order chi connectivity index (χ0) is 24.1. The predicted octanol–water partition coefficient (Wildman–Crippen LogP) is 3.82. The third-order valence-corrected chi connectivity index (χ3v) is 6.03. The quantitative estimate of drug-likeness (QED) is 0.531. The maximum Gasteiger partial charge on any atom is 0.260 e. The Morgan fingerprint density at radius 3 is 2.74 bits per heavy atom. The molecule has 8 nitrogen and oxygen atoms in total. The number of rotatable bonds is 8. The summed E-state index contributed by atoms with van der Waals surface area (Å²) < 4.78 is 11.7. The second-order valence-electron chi connectivity index (χ2n) is 8.37. The number of H-pyrrole nitrogens is 1. The molecule has 1 unspecified atom stereocenters. The molecule has 2 N–H and O–H groups in total. The van der Waals surface area contributed by atoms with Gasteiger partial charge in [0.2, 0.25) is 5.91 Å². The van der Waals surface area contributed by atoms with Gasteiger partial charge < -0.3 is 19.7 Å². The number of nitrogens with one attached hydrogen (secondary N) is 2. The molecular weight excluding hydrogens is 432 g/mol. The van der Waals surface area contributed by atoms with E-state index in [0.717, 1.165) is 28.0 Å². The van der Waals surface area contributed by atoms with Crippen molar-refractivity contribution in [2.75, 3.05) is 31.6 Å². The minimum atomic E-state index is -0.326. The fraction of sp³-hybridized carbons (Fsp3) is 0.346. The summed E-state index contributed by atoms with van der Waals surface area (Å²) in [7, 11) is 0. The number of likely N-dealkylation sites (N-methyl/N-ethyl adjacent to an activating group) is 1. The number of anilines is 1. The number of aromatic nitrogens is 2. The first-order valence-corrected chi connectivity index (χ1v) is 11.6. The number of amides is 2. The highest BCUT2D eigenvalue weighted by Gasteiger charge is 2.27. The van der Waals surface area contributed by atoms with E-state index in [1.54, 1.807) is 23.4 Å². The van der Waals surface area contributed by atoms with Crippen LogP contribution in [0.1, 0.15) is 25.0 Å². The van der Waals surface area contributed by atoms with Crippen LogP contribution in [0.15, 0.2) is 48.8 Å². The predicted molar refractivity (Wildman–Crippen MR) is 130 cm³/mol. The van der Waals surface area contributed by atoms with Crippen LogP contribution < -0.4 is 14.8 Å². The van der Waals surface area contributed by atoms with Crippen LogP contribution in [0.4, 0.5) is 5.69 Å². The first kappa shape index (κ1) is 23.4. The summed E-state index contributed by atoms with van der Waals surface area (Å²) in [5.41, 5.74) is 4.42. The molecule has 178 valence electrons. The Balaban J connectivity index is 1.53. The molecule has 34 heavy (non-hydrogen) atoms. The number of hydrogen-bond donors (Lipinski definition) is 2. The molecule has 1 aromatic heterocycles. The minimum absolute atomic E-state index is 0.108. The minimum Gasteiger partial charge on any atom is -0.492 e. The average Bonchev–Trinajstić information content (AvgIpc) is 3.38. The van der Waals surface area contributed by atoms with Gasteiger partial charge in [-0.05, 0) is 56.5 Å². The van der Waals surface area contributed by atoms with Crippen LogP contribution in [0.3, 0.4) is 0 Å². The van der Waals surface area contributed by atoms with Gasteiger partial charge in [-0.25, -0.2) is 0 Å². The lowest BCUT2D eigenvalue weighted by Crippen LogP contribution is -2.35. The number of hydrogen-bond acceptors (Lipinski definition) is 5. The van der Waals surface area contributed by atoms with Gasteiger partial charge in [0.1, 0.15) is 18.1 Å². The summed E-state index contributed by atoms with van der Waals surface area (Å²) >= 11 is 0. The molecule has 1 aliphatic rings. The van der Waals surface area contributed by atoms with Crippen LogP contribution in [-0.2, 0) is 16.0 Å². The topological polar surface area (TPSA) is 96.5 Å². The Bertz CT molecular complexity index is 1160. The van der Waals surface area contributed by atoms with Crippen LogP contribution in [0.5, 0.6) is 11.5 Å². The van der Waals surface area contributed by atoms with Gasteiger partial charge in [-0.2, -0.15) is 5.10 Å². The van der Waals surface area contributed by atoms with Crippen molar-refractivity contribution in [3.8, 4) is 22.6 Å². The van der Waals surface area contributed by atoms with Crippen LogP contribution in [-0.4, -0.2) is 53.2 Å². The monoisotopic (exact) mass is 462 g/mol. The van der Waals surface area contributed by atoms with Crippen LogP contribution in [0, 0.1) is 12.8 Å². The number of benzene rings is 2. The Hall–Kier alpha value is -3.81. The lowest BCUT2D eigenvalue weighted by Gasteiger charge is -2.25. The molecule has 4 rings (SSSR count). The first-order valence-electron chi connectivity index (χ1n) is 11.6. The van der Waals surface area contributed by atoms with Gasteiger partial charge in [-0.3, -0.25) is 14.7 Å². The van der Waals surface area contributed by atoms with Crippen molar-refractivity contribution >= 4 is 17.5 Å². The van der Waals surface area contributed by atoms with Gasteiger partial charge >= 0.3 is 0 Å². The second kappa shape index (κ2) is 10.4. The lowest BCUT2D eigenvalue weighted by molar-refractivity contribution is -0.132. The van der Waals surface area contributed by atoms with E-state index in [4.69, 9.17) is 9.47 Å². The van der Waals surface area contributed by atoms with Crippen molar-refractivity contribution < 1.29 is 19.1 Å². The lowest BCUT2D eigenvalue weighted by atomic mass is 9.94. The molecule has 0 fully saturated rings. The summed E-state index contributed by atoms with van der Waals surface area (Å²) in [5.74, 6) is 0.679. The number of ether oxygens (including phenoxy) is 2. The molecular formula is C26H30N4O4. The Labute approximate surface area is 199 Å². The van der Waals surface area contributed by atoms with E-state index < -0.39 is 0 Å². The molecule has 0 aliphatic carbocycles. The summed E-state index contributed by atoms with van der Waals surface area (Å²) in [6, 6.07) is 11.5. The van der Waals surface area contributed by atoms with Crippen LogP contribution in [0.2, 0.25) is 0 Å². The first-order chi connectivity index (χ1) is 16.5. The largest absolute Gasteiger partial charge is 0.492 e. The van der Waals surface area contributed by atoms with E-state index in [-0.39, 0.29) is 24.3 Å². The van der Waals surface area contributed by atoms with Crippen molar-refractivity contribution in [3.05, 3.63) is 59.9 Å². The molecule has 1 aliphatic heterocycles. The summed E-state index contributed by atoms with van der Waals surface area (Å²) in [6.07, 6.45) is 4.08. The highest BCUT2D eigenvalue weighted by Crippen LogP contribution is 2.33. The van der Waals surface area contributed by atoms with E-state index in [2.05, 4.69) is 21.6 Å². The maximum atomic E-state index is 13.1. The van der Waals surface area contributed by atoms with Gasteiger partial charge in [-0.1, -0.05) is 23.8 Å². The zero-order valence-electron chi connectivity index (χ0n) is 19.8. The van der Waals surface area contributed by atoms with E-state index in [9.17, 15) is 9.59 Å². The van der Waals surface area contributed by atoms with E-state index in [1.165, 1.54) is 0 Å². The van der Waals surface area contributed by atoms with Gasteiger partial charge in [-0.15, -0.1) is 0 Å². The number of carbonyl (C=O) groups is 2. The molecule has 8 heteroatoms. The van der Waals surface area contributed by atoms with E-state index in [1.807, 2.05) is 45.0 Å². The van der Waals surface area contributed by atoms with E-state index in [0.29, 0.717) is 37.6 Å². The Morgan fingerprint density at radius 1 is 1.18 bits per heavy atom. The maximum absolute atomic E-state index is 13.1. The Kier molecular flexibility index (Phi) is 7.15. The average molecular weight is 463 g/mol. The molecule has 2 heterocycles. The number of aryl methyl sites for hydroxylation is 1. The molecule has 2 amide bonds. The highest BCUT2D eigenvalue weighted by molar-refractivity contribution is 5.95. The van der Waals surface area contributed by atoms with Crippen molar-refractivity contribution in [3.63, 3.8) is 0 Å². The molecule has 1 atom stereocenters. The molecule has 0 spiro atoms. The summed E-state index contributed by atoms with van der Waals surface area (Å²) in [6.45, 7) is 7.30. The summed E-state index contributed by atoms with van der Waals surface area (Å²) in [4.78, 5) is 27.3. The zero-order valence-corrected chi connectivity index (χ0v) is 19.8. The van der Waals surface area contributed by atoms with Gasteiger partial charge in [0.05, 0.1) is 17.8 Å². The molecule has 2 aromatic carbocycles. The fourth-order valence-electron chi connectivity index (χ4n) is 4.07. The fourth-order valence-corrected chi connectivity index (χ4v) is 4.07. The molecule has 0 saturated carbocycles. The van der Waals surface area contributed by atoms with Crippen LogP contribution in [0.25, 0.3) is 11.1 Å². The Morgan fingerprint density at radius 2 is 2.00 bits per heavy atom. The van der Waals surface area contributed by atoms with Gasteiger partial charge in [0, 0.05) is 24.8 Å². The highest BCUT2D eigenvalue weighted by atomic mass is 16.5. The molecule has 3 aromatic rings. The second-order valence-corrected chi connectivity index (χ2v) is 8.37. The van der Waals surface area contributed by atoms with Crippen molar-refractivity contribution in [2.24, 2.45) is 5.92 Å². The standard InChI is InChI=1S/C26H30N4O4/c1-4-30(5-2)25(31)16-34-24-12-18(21-13-27-28-14-21)7-8-22(24)29-26(32)20-11-19-10-17(3)6-9-23(19)33-15-20/h6-10,12-14,20H,4-5,11,15-16H2,1-3H3,(H,27,28)(H,29,32).